The van der Waals surface area contributed by atoms with Crippen molar-refractivity contribution in [3.8, 4) is 6.07 Å². The standard InChI is InChI=1S/C15H13N3O3/c1-17-14-9(8-16)3-2-4-12(14)18(15(17)21)11-6-5-10(19)7-13(11)20/h2-4,11H,5-7H2,1H3. The highest BCUT2D eigenvalue weighted by molar-refractivity contribution is 6.03. The Morgan fingerprint density at radius 2 is 2.05 bits per heavy atom. The lowest BCUT2D eigenvalue weighted by molar-refractivity contribution is -0.132. The molecule has 1 saturated carbocycles. The molecule has 1 unspecified atom stereocenters. The van der Waals surface area contributed by atoms with Gasteiger partial charge in [-0.2, -0.15) is 5.26 Å². The zero-order chi connectivity index (χ0) is 15.1. The number of fused-ring (bicyclic) bond motifs is 1. The molecule has 1 aromatic carbocycles. The number of para-hydroxylation sites is 1. The first-order chi connectivity index (χ1) is 10.0. The summed E-state index contributed by atoms with van der Waals surface area (Å²) < 4.78 is 2.81. The van der Waals surface area contributed by atoms with Gasteiger partial charge in [-0.1, -0.05) is 6.07 Å². The molecule has 0 spiro atoms. The molecule has 1 fully saturated rings. The van der Waals surface area contributed by atoms with E-state index in [9.17, 15) is 19.6 Å². The number of nitriles is 1. The van der Waals surface area contributed by atoms with E-state index in [0.29, 0.717) is 29.4 Å². The van der Waals surface area contributed by atoms with Crippen LogP contribution in [0.2, 0.25) is 0 Å². The topological polar surface area (TPSA) is 84.9 Å². The van der Waals surface area contributed by atoms with Gasteiger partial charge >= 0.3 is 5.69 Å². The van der Waals surface area contributed by atoms with Crippen LogP contribution >= 0.6 is 0 Å². The first-order valence-electron chi connectivity index (χ1n) is 6.69. The number of nitrogens with zero attached hydrogens (tertiary/aromatic N) is 3. The van der Waals surface area contributed by atoms with Crippen molar-refractivity contribution in [2.45, 2.75) is 25.3 Å². The first-order valence-corrected chi connectivity index (χ1v) is 6.69. The van der Waals surface area contributed by atoms with Gasteiger partial charge in [0.2, 0.25) is 0 Å². The number of hydrogen-bond acceptors (Lipinski definition) is 4. The molecule has 6 heteroatoms. The number of aryl methyl sites for hydroxylation is 1. The molecule has 21 heavy (non-hydrogen) atoms. The van der Waals surface area contributed by atoms with E-state index in [0.717, 1.165) is 0 Å². The summed E-state index contributed by atoms with van der Waals surface area (Å²) >= 11 is 0. The molecule has 1 aliphatic rings. The van der Waals surface area contributed by atoms with Crippen molar-refractivity contribution in [1.29, 1.82) is 5.26 Å². The third kappa shape index (κ3) is 1.89. The Morgan fingerprint density at radius 3 is 2.71 bits per heavy atom. The average molecular weight is 283 g/mol. The van der Waals surface area contributed by atoms with Crippen molar-refractivity contribution in [2.75, 3.05) is 0 Å². The fourth-order valence-corrected chi connectivity index (χ4v) is 2.96. The van der Waals surface area contributed by atoms with Gasteiger partial charge in [-0.05, 0) is 18.6 Å². The molecule has 0 radical (unpaired) electrons. The second-order valence-corrected chi connectivity index (χ2v) is 5.23. The number of imidazole rings is 1. The van der Waals surface area contributed by atoms with Crippen molar-refractivity contribution in [2.24, 2.45) is 7.05 Å². The summed E-state index contributed by atoms with van der Waals surface area (Å²) in [4.78, 5) is 35.9. The van der Waals surface area contributed by atoms with Gasteiger partial charge in [-0.25, -0.2) is 4.79 Å². The zero-order valence-electron chi connectivity index (χ0n) is 11.5. The summed E-state index contributed by atoms with van der Waals surface area (Å²) in [5, 5.41) is 9.17. The second kappa shape index (κ2) is 4.70. The van der Waals surface area contributed by atoms with Crippen LogP contribution in [-0.2, 0) is 16.6 Å². The molecule has 1 heterocycles. The van der Waals surface area contributed by atoms with E-state index in [1.165, 1.54) is 9.13 Å². The average Bonchev–Trinajstić information content (AvgIpc) is 2.72. The molecular weight excluding hydrogens is 270 g/mol. The normalized spacial score (nSPS) is 19.0. The summed E-state index contributed by atoms with van der Waals surface area (Å²) in [5.41, 5.74) is 1.15. The molecule has 1 aromatic heterocycles. The van der Waals surface area contributed by atoms with Gasteiger partial charge in [0.25, 0.3) is 0 Å². The number of benzene rings is 1. The number of ketones is 2. The quantitative estimate of drug-likeness (QED) is 0.733. The molecule has 106 valence electrons. The van der Waals surface area contributed by atoms with E-state index < -0.39 is 6.04 Å². The Bertz CT molecular complexity index is 867. The Balaban J connectivity index is 2.27. The van der Waals surface area contributed by atoms with Crippen molar-refractivity contribution in [3.05, 3.63) is 34.2 Å². The van der Waals surface area contributed by atoms with Gasteiger partial charge in [0.05, 0.1) is 29.1 Å². The van der Waals surface area contributed by atoms with Crippen LogP contribution < -0.4 is 5.69 Å². The van der Waals surface area contributed by atoms with E-state index in [1.54, 1.807) is 25.2 Å². The predicted molar refractivity (Wildman–Crippen MR) is 74.8 cm³/mol. The summed E-state index contributed by atoms with van der Waals surface area (Å²) in [5.74, 6) is -0.314. The van der Waals surface area contributed by atoms with Crippen molar-refractivity contribution >= 4 is 22.6 Å². The van der Waals surface area contributed by atoms with Crippen LogP contribution in [0.5, 0.6) is 0 Å². The number of hydrogen-bond donors (Lipinski definition) is 0. The minimum atomic E-state index is -0.618. The van der Waals surface area contributed by atoms with Gasteiger partial charge in [0.1, 0.15) is 11.9 Å². The number of rotatable bonds is 1. The highest BCUT2D eigenvalue weighted by atomic mass is 16.2. The lowest BCUT2D eigenvalue weighted by Crippen LogP contribution is -2.34. The molecular formula is C15H13N3O3. The third-order valence-electron chi connectivity index (χ3n) is 3.97. The number of aromatic nitrogens is 2. The molecule has 6 nitrogen and oxygen atoms in total. The van der Waals surface area contributed by atoms with Crippen molar-refractivity contribution in [3.63, 3.8) is 0 Å². The Kier molecular flexibility index (Phi) is 2.98. The van der Waals surface area contributed by atoms with E-state index in [2.05, 4.69) is 6.07 Å². The lowest BCUT2D eigenvalue weighted by Gasteiger charge is -2.21. The van der Waals surface area contributed by atoms with Crippen LogP contribution in [-0.4, -0.2) is 20.7 Å². The molecule has 3 rings (SSSR count). The highest BCUT2D eigenvalue weighted by Crippen LogP contribution is 2.27. The molecule has 0 amide bonds. The van der Waals surface area contributed by atoms with E-state index in [-0.39, 0.29) is 23.7 Å². The largest absolute Gasteiger partial charge is 0.329 e. The monoisotopic (exact) mass is 283 g/mol. The maximum Gasteiger partial charge on any atom is 0.329 e. The maximum absolute atomic E-state index is 12.5. The van der Waals surface area contributed by atoms with Crippen molar-refractivity contribution < 1.29 is 9.59 Å². The Hall–Kier alpha value is -2.68. The molecule has 1 atom stereocenters. The van der Waals surface area contributed by atoms with Crippen LogP contribution in [0.1, 0.15) is 30.9 Å². The maximum atomic E-state index is 12.5. The van der Waals surface area contributed by atoms with E-state index in [4.69, 9.17) is 0 Å². The lowest BCUT2D eigenvalue weighted by atomic mass is 9.93. The smallest absolute Gasteiger partial charge is 0.299 e. The van der Waals surface area contributed by atoms with Gasteiger partial charge in [-0.3, -0.25) is 18.7 Å². The Morgan fingerprint density at radius 1 is 1.29 bits per heavy atom. The third-order valence-corrected chi connectivity index (χ3v) is 3.97. The fraction of sp³-hybridized carbons (Fsp3) is 0.333. The molecule has 0 N–H and O–H groups in total. The summed E-state index contributed by atoms with van der Waals surface area (Å²) in [6.07, 6.45) is 0.524. The second-order valence-electron chi connectivity index (χ2n) is 5.23. The number of carbonyl (C=O) groups excluding carboxylic acids is 2. The van der Waals surface area contributed by atoms with Crippen LogP contribution in [0.3, 0.4) is 0 Å². The molecule has 2 aromatic rings. The minimum Gasteiger partial charge on any atom is -0.299 e. The van der Waals surface area contributed by atoms with Gasteiger partial charge in [0.15, 0.2) is 5.78 Å². The SMILES string of the molecule is Cn1c(=O)n(C2CCC(=O)CC2=O)c2cccc(C#N)c21. The van der Waals surface area contributed by atoms with Crippen LogP contribution in [0, 0.1) is 11.3 Å². The molecule has 1 aliphatic carbocycles. The summed E-state index contributed by atoms with van der Waals surface area (Å²) in [6, 6.07) is 6.49. The summed E-state index contributed by atoms with van der Waals surface area (Å²) in [6.45, 7) is 0. The van der Waals surface area contributed by atoms with E-state index >= 15 is 0 Å². The molecule has 0 saturated heterocycles. The zero-order valence-corrected chi connectivity index (χ0v) is 11.5. The minimum absolute atomic E-state index is 0.0813. The van der Waals surface area contributed by atoms with Crippen LogP contribution in [0.25, 0.3) is 11.0 Å². The molecule has 0 aliphatic heterocycles. The fourth-order valence-electron chi connectivity index (χ4n) is 2.96. The molecule has 0 bridgehead atoms. The number of Topliss-reactive ketones (excluding diaryl/α,β-unsaturated/α-hetero) is 2. The van der Waals surface area contributed by atoms with Gasteiger partial charge < -0.3 is 0 Å². The van der Waals surface area contributed by atoms with Crippen LogP contribution in [0.15, 0.2) is 23.0 Å². The Labute approximate surface area is 120 Å². The van der Waals surface area contributed by atoms with Crippen molar-refractivity contribution in [1.82, 2.24) is 9.13 Å². The van der Waals surface area contributed by atoms with E-state index in [1.807, 2.05) is 0 Å². The number of carbonyl (C=O) groups is 2. The van der Waals surface area contributed by atoms with Gasteiger partial charge in [-0.15, -0.1) is 0 Å². The highest BCUT2D eigenvalue weighted by Gasteiger charge is 2.31. The summed E-state index contributed by atoms with van der Waals surface area (Å²) in [7, 11) is 1.58. The first kappa shape index (κ1) is 13.3. The predicted octanol–water partition coefficient (Wildman–Crippen LogP) is 1.07. The van der Waals surface area contributed by atoms with Crippen LogP contribution in [0.4, 0.5) is 0 Å². The van der Waals surface area contributed by atoms with Gasteiger partial charge in [0, 0.05) is 13.5 Å².